The average molecular weight is 249 g/mol. The summed E-state index contributed by atoms with van der Waals surface area (Å²) in [7, 11) is 0. The van der Waals surface area contributed by atoms with Crippen LogP contribution in [0.3, 0.4) is 0 Å². The third-order valence-corrected chi connectivity index (χ3v) is 3.55. The second-order valence-electron chi connectivity index (χ2n) is 5.27. The van der Waals surface area contributed by atoms with Gasteiger partial charge in [-0.2, -0.15) is 0 Å². The molecule has 0 amide bonds. The van der Waals surface area contributed by atoms with E-state index >= 15 is 0 Å². The molecule has 0 aliphatic carbocycles. The number of hydrogen-bond donors (Lipinski definition) is 0. The first-order chi connectivity index (χ1) is 8.66. The number of allylic oxidation sites excluding steroid dienone is 2. The summed E-state index contributed by atoms with van der Waals surface area (Å²) in [5.74, 6) is 0.811. The number of nitrogens with zero attached hydrogens (tertiary/aromatic N) is 1. The molecule has 0 aromatic carbocycles. The maximum absolute atomic E-state index is 5.74. The lowest BCUT2D eigenvalue weighted by molar-refractivity contribution is -0.157. The Hall–Kier alpha value is -0.930. The minimum atomic E-state index is -0.0379. The third kappa shape index (κ3) is 3.53. The van der Waals surface area contributed by atoms with Gasteiger partial charge >= 0.3 is 0 Å². The molecule has 3 nitrogen and oxygen atoms in total. The highest BCUT2D eigenvalue weighted by atomic mass is 16.7. The monoisotopic (exact) mass is 249 g/mol. The first kappa shape index (κ1) is 13.5. The second kappa shape index (κ2) is 6.30. The van der Waals surface area contributed by atoms with Gasteiger partial charge in [0, 0.05) is 18.7 Å². The van der Waals surface area contributed by atoms with Gasteiger partial charge < -0.3 is 9.47 Å². The summed E-state index contributed by atoms with van der Waals surface area (Å²) in [4.78, 5) is 4.46. The largest absolute Gasteiger partial charge is 0.353 e. The van der Waals surface area contributed by atoms with Gasteiger partial charge in [-0.1, -0.05) is 25.2 Å². The van der Waals surface area contributed by atoms with Gasteiger partial charge in [-0.15, -0.1) is 0 Å². The minimum absolute atomic E-state index is 0.0379. The third-order valence-electron chi connectivity index (χ3n) is 3.55. The molecule has 18 heavy (non-hydrogen) atoms. The molecular formula is C15H23NO2. The Labute approximate surface area is 110 Å². The Kier molecular flexibility index (Phi) is 4.72. The van der Waals surface area contributed by atoms with Crippen molar-refractivity contribution in [2.24, 2.45) is 16.8 Å². The van der Waals surface area contributed by atoms with E-state index in [0.29, 0.717) is 18.4 Å². The predicted octanol–water partition coefficient (Wildman–Crippen LogP) is 3.33. The Bertz CT molecular complexity index is 354. The lowest BCUT2D eigenvalue weighted by atomic mass is 9.87. The van der Waals surface area contributed by atoms with Crippen LogP contribution >= 0.6 is 0 Å². The van der Waals surface area contributed by atoms with E-state index in [1.165, 1.54) is 6.42 Å². The molecule has 0 aromatic heterocycles. The van der Waals surface area contributed by atoms with Crippen molar-refractivity contribution in [2.45, 2.75) is 39.4 Å². The van der Waals surface area contributed by atoms with E-state index in [0.717, 1.165) is 30.7 Å². The maximum atomic E-state index is 5.74. The summed E-state index contributed by atoms with van der Waals surface area (Å²) >= 11 is 0. The maximum Gasteiger partial charge on any atom is 0.158 e. The average Bonchev–Trinajstić information content (AvgIpc) is 2.37. The van der Waals surface area contributed by atoms with Crippen molar-refractivity contribution in [1.29, 1.82) is 0 Å². The van der Waals surface area contributed by atoms with Gasteiger partial charge in [-0.05, 0) is 32.1 Å². The molecule has 3 unspecified atom stereocenters. The second-order valence-corrected chi connectivity index (χ2v) is 5.27. The van der Waals surface area contributed by atoms with E-state index in [2.05, 4.69) is 31.5 Å². The van der Waals surface area contributed by atoms with Crippen LogP contribution in [0.25, 0.3) is 0 Å². The zero-order valence-corrected chi connectivity index (χ0v) is 11.4. The van der Waals surface area contributed by atoms with Crippen molar-refractivity contribution in [3.8, 4) is 0 Å². The Balaban J connectivity index is 1.82. The van der Waals surface area contributed by atoms with E-state index in [-0.39, 0.29) is 6.29 Å². The molecule has 1 saturated heterocycles. The normalized spacial score (nSPS) is 32.1. The zero-order chi connectivity index (χ0) is 13.0. The lowest BCUT2D eigenvalue weighted by Crippen LogP contribution is -2.24. The highest BCUT2D eigenvalue weighted by Gasteiger charge is 2.20. The molecule has 0 N–H and O–H groups in total. The number of aliphatic imine (C=N–C) groups is 1. The van der Waals surface area contributed by atoms with Crippen LogP contribution in [0.2, 0.25) is 0 Å². The van der Waals surface area contributed by atoms with Crippen LogP contribution in [-0.2, 0) is 9.47 Å². The fraction of sp³-hybridized carbons (Fsp3) is 0.667. The fourth-order valence-corrected chi connectivity index (χ4v) is 2.44. The van der Waals surface area contributed by atoms with Crippen LogP contribution in [-0.4, -0.2) is 25.7 Å². The van der Waals surface area contributed by atoms with Crippen molar-refractivity contribution in [3.05, 3.63) is 23.9 Å². The topological polar surface area (TPSA) is 30.8 Å². The van der Waals surface area contributed by atoms with Crippen LogP contribution in [0, 0.1) is 11.8 Å². The highest BCUT2D eigenvalue weighted by Crippen LogP contribution is 2.25. The molecule has 1 fully saturated rings. The number of hydrogen-bond acceptors (Lipinski definition) is 3. The fourth-order valence-electron chi connectivity index (χ4n) is 2.44. The van der Waals surface area contributed by atoms with Crippen LogP contribution in [0.15, 0.2) is 28.9 Å². The van der Waals surface area contributed by atoms with Crippen molar-refractivity contribution in [1.82, 2.24) is 0 Å². The van der Waals surface area contributed by atoms with Gasteiger partial charge in [0.15, 0.2) is 6.29 Å². The molecule has 2 heterocycles. The van der Waals surface area contributed by atoms with Crippen molar-refractivity contribution < 1.29 is 9.47 Å². The van der Waals surface area contributed by atoms with Crippen LogP contribution in [0.5, 0.6) is 0 Å². The molecule has 3 atom stereocenters. The van der Waals surface area contributed by atoms with Gasteiger partial charge in [-0.25, -0.2) is 0 Å². The van der Waals surface area contributed by atoms with E-state index in [9.17, 15) is 0 Å². The van der Waals surface area contributed by atoms with Crippen LogP contribution in [0.1, 0.15) is 33.1 Å². The first-order valence-corrected chi connectivity index (χ1v) is 6.80. The smallest absolute Gasteiger partial charge is 0.158 e. The minimum Gasteiger partial charge on any atom is -0.353 e. The number of rotatable bonds is 4. The molecule has 100 valence electrons. The summed E-state index contributed by atoms with van der Waals surface area (Å²) in [6.07, 6.45) is 7.49. The standard InChI is InChI=1S/C15H23NO2/c1-11(2)14-9-16-13(8-12(14)3)10-18-15-6-4-5-7-17-15/h8-9,12,14-15H,1,4-7,10H2,2-3H3. The van der Waals surface area contributed by atoms with Crippen LogP contribution in [0.4, 0.5) is 0 Å². The SMILES string of the molecule is C=C(C)C1C=NC(COC2CCCCO2)=CC1C. The Morgan fingerprint density at radius 1 is 1.56 bits per heavy atom. The molecule has 2 aliphatic heterocycles. The van der Waals surface area contributed by atoms with Crippen LogP contribution < -0.4 is 0 Å². The molecule has 0 spiro atoms. The van der Waals surface area contributed by atoms with E-state index in [1.807, 2.05) is 6.21 Å². The predicted molar refractivity (Wildman–Crippen MR) is 73.6 cm³/mol. The Morgan fingerprint density at radius 3 is 3.00 bits per heavy atom. The summed E-state index contributed by atoms with van der Waals surface area (Å²) in [6.45, 7) is 9.62. The molecule has 0 saturated carbocycles. The quantitative estimate of drug-likeness (QED) is 0.716. The van der Waals surface area contributed by atoms with Gasteiger partial charge in [0.1, 0.15) is 0 Å². The summed E-state index contributed by atoms with van der Waals surface area (Å²) in [6, 6.07) is 0. The molecule has 0 aromatic rings. The van der Waals surface area contributed by atoms with Gasteiger partial charge in [0.25, 0.3) is 0 Å². The summed E-state index contributed by atoms with van der Waals surface area (Å²) in [5, 5.41) is 0. The van der Waals surface area contributed by atoms with Crippen molar-refractivity contribution in [2.75, 3.05) is 13.2 Å². The summed E-state index contributed by atoms with van der Waals surface area (Å²) in [5.41, 5.74) is 2.17. The molecule has 0 bridgehead atoms. The zero-order valence-electron chi connectivity index (χ0n) is 11.4. The molecule has 2 aliphatic rings. The molecular weight excluding hydrogens is 226 g/mol. The van der Waals surface area contributed by atoms with E-state index in [1.54, 1.807) is 0 Å². The Morgan fingerprint density at radius 2 is 2.39 bits per heavy atom. The lowest BCUT2D eigenvalue weighted by Gasteiger charge is -2.25. The van der Waals surface area contributed by atoms with Gasteiger partial charge in [0.2, 0.25) is 0 Å². The van der Waals surface area contributed by atoms with E-state index < -0.39 is 0 Å². The summed E-state index contributed by atoms with van der Waals surface area (Å²) < 4.78 is 11.3. The highest BCUT2D eigenvalue weighted by molar-refractivity contribution is 5.68. The molecule has 2 rings (SSSR count). The van der Waals surface area contributed by atoms with E-state index in [4.69, 9.17) is 9.47 Å². The first-order valence-electron chi connectivity index (χ1n) is 6.80. The van der Waals surface area contributed by atoms with Crippen molar-refractivity contribution >= 4 is 6.21 Å². The molecule has 0 radical (unpaired) electrons. The number of ether oxygens (including phenoxy) is 2. The van der Waals surface area contributed by atoms with Gasteiger partial charge in [0.05, 0.1) is 12.3 Å². The van der Waals surface area contributed by atoms with Crippen molar-refractivity contribution in [3.63, 3.8) is 0 Å². The van der Waals surface area contributed by atoms with Gasteiger partial charge in [-0.3, -0.25) is 4.99 Å². The molecule has 3 heteroatoms.